The van der Waals surface area contributed by atoms with Crippen molar-refractivity contribution in [2.45, 2.75) is 6.42 Å². The summed E-state index contributed by atoms with van der Waals surface area (Å²) >= 11 is 1.38. The Kier molecular flexibility index (Phi) is 7.31. The number of rotatable bonds is 9. The third kappa shape index (κ3) is 5.44. The molecule has 1 heterocycles. The molecule has 1 rings (SSSR count). The number of nitrogens with zero attached hydrogens (tertiary/aromatic N) is 1. The maximum absolute atomic E-state index is 11.2. The summed E-state index contributed by atoms with van der Waals surface area (Å²) in [6, 6.07) is 0. The molecule has 0 radical (unpaired) electrons. The summed E-state index contributed by atoms with van der Waals surface area (Å²) in [6.45, 7) is 2.65. The highest BCUT2D eigenvalue weighted by molar-refractivity contribution is 7.13. The van der Waals surface area contributed by atoms with Gasteiger partial charge in [-0.2, -0.15) is 0 Å². The lowest BCUT2D eigenvalue weighted by molar-refractivity contribution is 0.0595. The van der Waals surface area contributed by atoms with E-state index in [0.29, 0.717) is 30.6 Å². The summed E-state index contributed by atoms with van der Waals surface area (Å²) in [4.78, 5) is 15.3. The molecule has 7 heteroatoms. The average Bonchev–Trinajstić information content (AvgIpc) is 2.85. The second kappa shape index (κ2) is 8.84. The Hall–Kier alpha value is -1.18. The molecule has 0 unspecified atom stereocenters. The van der Waals surface area contributed by atoms with E-state index in [4.69, 9.17) is 9.47 Å². The largest absolute Gasteiger partial charge is 0.464 e. The van der Waals surface area contributed by atoms with E-state index in [9.17, 15) is 4.79 Å². The molecular weight excluding hydrogens is 256 g/mol. The van der Waals surface area contributed by atoms with Crippen LogP contribution >= 0.6 is 11.3 Å². The van der Waals surface area contributed by atoms with Crippen molar-refractivity contribution in [2.24, 2.45) is 0 Å². The van der Waals surface area contributed by atoms with Gasteiger partial charge in [-0.1, -0.05) is 0 Å². The maximum Gasteiger partial charge on any atom is 0.357 e. The van der Waals surface area contributed by atoms with E-state index in [-0.39, 0.29) is 0 Å². The van der Waals surface area contributed by atoms with E-state index in [1.807, 2.05) is 0 Å². The molecule has 0 bridgehead atoms. The van der Waals surface area contributed by atoms with Crippen molar-refractivity contribution in [3.63, 3.8) is 0 Å². The maximum atomic E-state index is 11.2. The molecule has 1 N–H and O–H groups in total. The Bertz CT molecular complexity index is 357. The van der Waals surface area contributed by atoms with Crippen molar-refractivity contribution in [1.29, 1.82) is 0 Å². The van der Waals surface area contributed by atoms with Gasteiger partial charge in [0.05, 0.1) is 20.3 Å². The molecule has 18 heavy (non-hydrogen) atoms. The van der Waals surface area contributed by atoms with Gasteiger partial charge < -0.3 is 19.5 Å². The van der Waals surface area contributed by atoms with E-state index < -0.39 is 5.97 Å². The topological polar surface area (TPSA) is 69.7 Å². The van der Waals surface area contributed by atoms with Crippen LogP contribution in [-0.2, 0) is 14.2 Å². The Morgan fingerprint density at radius 1 is 1.39 bits per heavy atom. The predicted octanol–water partition coefficient (Wildman–Crippen LogP) is 1.39. The Labute approximate surface area is 110 Å². The van der Waals surface area contributed by atoms with Crippen molar-refractivity contribution in [3.05, 3.63) is 11.1 Å². The summed E-state index contributed by atoms with van der Waals surface area (Å²) in [7, 11) is 2.98. The SMILES string of the molecule is COCCOCCCNc1nc(C(=O)OC)cs1. The van der Waals surface area contributed by atoms with Gasteiger partial charge in [0.1, 0.15) is 0 Å². The molecule has 1 aromatic heterocycles. The molecule has 0 amide bonds. The fourth-order valence-corrected chi connectivity index (χ4v) is 1.88. The van der Waals surface area contributed by atoms with Crippen LogP contribution < -0.4 is 5.32 Å². The van der Waals surface area contributed by atoms with Crippen LogP contribution in [0.5, 0.6) is 0 Å². The lowest BCUT2D eigenvalue weighted by atomic mass is 10.4. The molecule has 0 spiro atoms. The second-order valence-electron chi connectivity index (χ2n) is 3.41. The average molecular weight is 274 g/mol. The molecule has 0 aliphatic heterocycles. The molecule has 0 atom stereocenters. The van der Waals surface area contributed by atoms with Gasteiger partial charge in [-0.3, -0.25) is 0 Å². The van der Waals surface area contributed by atoms with Gasteiger partial charge in [0.25, 0.3) is 0 Å². The molecular formula is C11H18N2O4S. The fourth-order valence-electron chi connectivity index (χ4n) is 1.17. The zero-order chi connectivity index (χ0) is 13.2. The molecule has 6 nitrogen and oxygen atoms in total. The molecule has 0 fully saturated rings. The van der Waals surface area contributed by atoms with Gasteiger partial charge in [-0.15, -0.1) is 11.3 Å². The van der Waals surface area contributed by atoms with Crippen molar-refractivity contribution >= 4 is 22.4 Å². The number of nitrogens with one attached hydrogen (secondary N) is 1. The van der Waals surface area contributed by atoms with E-state index in [1.165, 1.54) is 18.4 Å². The smallest absolute Gasteiger partial charge is 0.357 e. The normalized spacial score (nSPS) is 10.3. The van der Waals surface area contributed by atoms with Crippen molar-refractivity contribution in [3.8, 4) is 0 Å². The fraction of sp³-hybridized carbons (Fsp3) is 0.636. The van der Waals surface area contributed by atoms with E-state index in [1.54, 1.807) is 12.5 Å². The van der Waals surface area contributed by atoms with Crippen LogP contribution in [0, 0.1) is 0 Å². The van der Waals surface area contributed by atoms with E-state index >= 15 is 0 Å². The molecule has 1 aromatic rings. The molecule has 0 aromatic carbocycles. The molecule has 0 saturated carbocycles. The standard InChI is InChI=1S/C11H18N2O4S/c1-15-6-7-17-5-3-4-12-11-13-9(8-18-11)10(14)16-2/h8H,3-7H2,1-2H3,(H,12,13). The van der Waals surface area contributed by atoms with E-state index in [2.05, 4.69) is 15.0 Å². The molecule has 0 aliphatic carbocycles. The summed E-state index contributed by atoms with van der Waals surface area (Å²) in [6.07, 6.45) is 0.872. The lowest BCUT2D eigenvalue weighted by Gasteiger charge is -2.04. The van der Waals surface area contributed by atoms with Crippen LogP contribution in [0.15, 0.2) is 5.38 Å². The van der Waals surface area contributed by atoms with Crippen molar-refractivity contribution in [1.82, 2.24) is 4.98 Å². The van der Waals surface area contributed by atoms with Gasteiger partial charge >= 0.3 is 5.97 Å². The number of hydrogen-bond donors (Lipinski definition) is 1. The summed E-state index contributed by atoms with van der Waals surface area (Å²) in [5.74, 6) is -0.415. The van der Waals surface area contributed by atoms with Crippen LogP contribution in [0.1, 0.15) is 16.9 Å². The van der Waals surface area contributed by atoms with Crippen LogP contribution in [0.25, 0.3) is 0 Å². The lowest BCUT2D eigenvalue weighted by Crippen LogP contribution is -2.08. The van der Waals surface area contributed by atoms with Gasteiger partial charge in [-0.25, -0.2) is 9.78 Å². The summed E-state index contributed by atoms with van der Waals surface area (Å²) < 4.78 is 14.8. The molecule has 0 saturated heterocycles. The van der Waals surface area contributed by atoms with Crippen molar-refractivity contribution < 1.29 is 19.0 Å². The van der Waals surface area contributed by atoms with Crippen LogP contribution in [0.3, 0.4) is 0 Å². The number of carbonyl (C=O) groups excluding carboxylic acids is 1. The number of anilines is 1. The number of carbonyl (C=O) groups is 1. The third-order valence-corrected chi connectivity index (χ3v) is 2.87. The minimum Gasteiger partial charge on any atom is -0.464 e. The van der Waals surface area contributed by atoms with Crippen molar-refractivity contribution in [2.75, 3.05) is 45.9 Å². The van der Waals surface area contributed by atoms with Gasteiger partial charge in [0.2, 0.25) is 0 Å². The zero-order valence-corrected chi connectivity index (χ0v) is 11.4. The zero-order valence-electron chi connectivity index (χ0n) is 10.6. The quantitative estimate of drug-likeness (QED) is 0.542. The first-order chi connectivity index (χ1) is 8.77. The Morgan fingerprint density at radius 3 is 2.94 bits per heavy atom. The molecule has 102 valence electrons. The highest BCUT2D eigenvalue weighted by Gasteiger charge is 2.09. The minimum atomic E-state index is -0.415. The van der Waals surface area contributed by atoms with Gasteiger partial charge in [0, 0.05) is 25.6 Å². The summed E-state index contributed by atoms with van der Waals surface area (Å²) in [5, 5.41) is 5.51. The first kappa shape index (κ1) is 14.9. The van der Waals surface area contributed by atoms with Gasteiger partial charge in [0.15, 0.2) is 10.8 Å². The summed E-state index contributed by atoms with van der Waals surface area (Å²) in [5.41, 5.74) is 0.335. The highest BCUT2D eigenvalue weighted by atomic mass is 32.1. The van der Waals surface area contributed by atoms with Crippen LogP contribution in [0.2, 0.25) is 0 Å². The Balaban J connectivity index is 2.12. The first-order valence-corrected chi connectivity index (χ1v) is 6.50. The number of methoxy groups -OCH3 is 2. The first-order valence-electron chi connectivity index (χ1n) is 5.62. The minimum absolute atomic E-state index is 0.335. The number of aromatic nitrogens is 1. The van der Waals surface area contributed by atoms with E-state index in [0.717, 1.165) is 13.0 Å². The number of esters is 1. The van der Waals surface area contributed by atoms with Crippen LogP contribution in [0.4, 0.5) is 5.13 Å². The second-order valence-corrected chi connectivity index (χ2v) is 4.27. The third-order valence-electron chi connectivity index (χ3n) is 2.07. The van der Waals surface area contributed by atoms with Gasteiger partial charge in [-0.05, 0) is 6.42 Å². The number of ether oxygens (including phenoxy) is 3. The predicted molar refractivity (Wildman–Crippen MR) is 69.3 cm³/mol. The Morgan fingerprint density at radius 2 is 2.22 bits per heavy atom. The highest BCUT2D eigenvalue weighted by Crippen LogP contribution is 2.15. The number of hydrogen-bond acceptors (Lipinski definition) is 7. The molecule has 0 aliphatic rings. The number of thiazole rings is 1. The van der Waals surface area contributed by atoms with Crippen LogP contribution in [-0.4, -0.2) is 51.5 Å². The monoisotopic (exact) mass is 274 g/mol.